The molecule has 2 saturated heterocycles. The van der Waals surface area contributed by atoms with Crippen LogP contribution in [0.2, 0.25) is 0 Å². The second kappa shape index (κ2) is 10.7. The summed E-state index contributed by atoms with van der Waals surface area (Å²) in [5, 5.41) is 3.60. The molecule has 27 heavy (non-hydrogen) atoms. The van der Waals surface area contributed by atoms with E-state index in [-0.39, 0.29) is 0 Å². The van der Waals surface area contributed by atoms with E-state index in [1.807, 2.05) is 19.6 Å². The number of hydrogen-bond donors (Lipinski definition) is 1. The van der Waals surface area contributed by atoms with Gasteiger partial charge in [-0.3, -0.25) is 4.99 Å². The fourth-order valence-electron chi connectivity index (χ4n) is 4.45. The highest BCUT2D eigenvalue weighted by atomic mass is 15.3. The van der Waals surface area contributed by atoms with Gasteiger partial charge < -0.3 is 19.7 Å². The highest BCUT2D eigenvalue weighted by Gasteiger charge is 2.28. The number of rotatable bonds is 7. The minimum atomic E-state index is 0.476. The van der Waals surface area contributed by atoms with Gasteiger partial charge in [0.25, 0.3) is 0 Å². The molecule has 0 amide bonds. The summed E-state index contributed by atoms with van der Waals surface area (Å²) in [7, 11) is 1.91. The Morgan fingerprint density at radius 1 is 1.15 bits per heavy atom. The van der Waals surface area contributed by atoms with Gasteiger partial charge in [0, 0.05) is 39.1 Å². The summed E-state index contributed by atoms with van der Waals surface area (Å²) in [4.78, 5) is 13.8. The van der Waals surface area contributed by atoms with Crippen LogP contribution in [0.5, 0.6) is 0 Å². The molecule has 6 heteroatoms. The number of piperidine rings is 2. The van der Waals surface area contributed by atoms with E-state index in [1.165, 1.54) is 64.6 Å². The number of aromatic nitrogens is 2. The number of likely N-dealkylation sites (tertiary alicyclic amines) is 2. The normalized spacial score (nSPS) is 25.0. The summed E-state index contributed by atoms with van der Waals surface area (Å²) in [6.45, 7) is 9.38. The molecule has 152 valence electrons. The quantitative estimate of drug-likeness (QED) is 0.453. The smallest absolute Gasteiger partial charge is 0.193 e. The molecule has 6 nitrogen and oxygen atoms in total. The van der Waals surface area contributed by atoms with Crippen LogP contribution in [0.3, 0.4) is 0 Å². The maximum absolute atomic E-state index is 4.54. The van der Waals surface area contributed by atoms with Gasteiger partial charge in [0.15, 0.2) is 5.96 Å². The van der Waals surface area contributed by atoms with E-state index in [1.54, 1.807) is 0 Å². The van der Waals surface area contributed by atoms with Crippen molar-refractivity contribution >= 4 is 5.96 Å². The number of aliphatic imine (C=N–C) groups is 1. The second-order valence-corrected chi connectivity index (χ2v) is 8.23. The van der Waals surface area contributed by atoms with Gasteiger partial charge in [-0.1, -0.05) is 19.8 Å². The molecule has 3 heterocycles. The number of nitrogens with one attached hydrogen (secondary N) is 1. The van der Waals surface area contributed by atoms with E-state index < -0.39 is 0 Å². The average Bonchev–Trinajstić information content (AvgIpc) is 3.23. The maximum Gasteiger partial charge on any atom is 0.193 e. The molecule has 1 N–H and O–H groups in total. The monoisotopic (exact) mass is 374 g/mol. The molecule has 0 aromatic carbocycles. The molecule has 2 aliphatic rings. The lowest BCUT2D eigenvalue weighted by atomic mass is 9.93. The van der Waals surface area contributed by atoms with Gasteiger partial charge in [0.2, 0.25) is 0 Å². The van der Waals surface area contributed by atoms with E-state index >= 15 is 0 Å². The zero-order chi connectivity index (χ0) is 18.9. The molecule has 2 fully saturated rings. The third kappa shape index (κ3) is 5.96. The molecule has 3 rings (SSSR count). The van der Waals surface area contributed by atoms with Crippen LogP contribution in [0.15, 0.2) is 23.7 Å². The second-order valence-electron chi connectivity index (χ2n) is 8.23. The van der Waals surface area contributed by atoms with Crippen molar-refractivity contribution in [2.45, 2.75) is 57.9 Å². The van der Waals surface area contributed by atoms with Gasteiger partial charge in [0.05, 0.1) is 12.4 Å². The van der Waals surface area contributed by atoms with Crippen molar-refractivity contribution in [2.24, 2.45) is 10.9 Å². The van der Waals surface area contributed by atoms with Crippen molar-refractivity contribution in [3.05, 3.63) is 18.7 Å². The third-order valence-electron chi connectivity index (χ3n) is 6.22. The molecule has 2 aliphatic heterocycles. The first kappa shape index (κ1) is 20.2. The lowest BCUT2D eigenvalue weighted by Crippen LogP contribution is -2.49. The summed E-state index contributed by atoms with van der Waals surface area (Å²) in [5.74, 6) is 1.73. The fourth-order valence-corrected chi connectivity index (χ4v) is 4.45. The van der Waals surface area contributed by atoms with Gasteiger partial charge in [-0.2, -0.15) is 0 Å². The molecule has 0 radical (unpaired) electrons. The Morgan fingerprint density at radius 3 is 2.74 bits per heavy atom. The minimum Gasteiger partial charge on any atom is -0.356 e. The molecular formula is C21H38N6. The van der Waals surface area contributed by atoms with Gasteiger partial charge in [-0.15, -0.1) is 0 Å². The van der Waals surface area contributed by atoms with Crippen molar-refractivity contribution in [3.8, 4) is 0 Å². The first-order valence-corrected chi connectivity index (χ1v) is 10.9. The van der Waals surface area contributed by atoms with E-state index in [2.05, 4.69) is 42.8 Å². The van der Waals surface area contributed by atoms with Crippen LogP contribution in [0.25, 0.3) is 0 Å². The van der Waals surface area contributed by atoms with Crippen molar-refractivity contribution in [1.29, 1.82) is 0 Å². The maximum atomic E-state index is 4.54. The summed E-state index contributed by atoms with van der Waals surface area (Å²) in [6.07, 6.45) is 15.2. The first-order valence-electron chi connectivity index (χ1n) is 10.9. The van der Waals surface area contributed by atoms with Crippen molar-refractivity contribution in [2.75, 3.05) is 46.3 Å². The molecule has 0 bridgehead atoms. The first-order chi connectivity index (χ1) is 13.3. The fraction of sp³-hybridized carbons (Fsp3) is 0.810. The molecule has 2 atom stereocenters. The zero-order valence-electron chi connectivity index (χ0n) is 17.3. The predicted octanol–water partition coefficient (Wildman–Crippen LogP) is 3.00. The highest BCUT2D eigenvalue weighted by Crippen LogP contribution is 2.27. The van der Waals surface area contributed by atoms with E-state index in [4.69, 9.17) is 0 Å². The summed E-state index contributed by atoms with van der Waals surface area (Å²) < 4.78 is 2.25. The number of guanidine groups is 1. The Hall–Kier alpha value is -1.56. The number of imidazole rings is 1. The Bertz CT molecular complexity index is 549. The average molecular weight is 375 g/mol. The highest BCUT2D eigenvalue weighted by molar-refractivity contribution is 5.80. The van der Waals surface area contributed by atoms with E-state index in [9.17, 15) is 0 Å². The standard InChI is InChI=1S/C21H38N6/c1-19-9-15-26(17-20(19)27-16-11-23-18-27)21(22-2)24-10-5-3-6-12-25-13-7-4-8-14-25/h11,16,18-20H,3-10,12-15,17H2,1-2H3,(H,22,24). The van der Waals surface area contributed by atoms with Gasteiger partial charge >= 0.3 is 0 Å². The Labute approximate surface area is 165 Å². The SMILES string of the molecule is CN=C(NCCCCCN1CCCCC1)N1CCC(C)C(n2ccnc2)C1. The van der Waals surface area contributed by atoms with Gasteiger partial charge in [-0.25, -0.2) is 4.98 Å². The molecule has 1 aromatic rings. The van der Waals surface area contributed by atoms with Crippen molar-refractivity contribution < 1.29 is 0 Å². The van der Waals surface area contributed by atoms with Gasteiger partial charge in [-0.05, 0) is 57.7 Å². The predicted molar refractivity (Wildman–Crippen MR) is 112 cm³/mol. The molecule has 2 unspecified atom stereocenters. The Kier molecular flexibility index (Phi) is 7.99. The Balaban J connectivity index is 1.36. The largest absolute Gasteiger partial charge is 0.356 e. The molecule has 0 aliphatic carbocycles. The molecular weight excluding hydrogens is 336 g/mol. The van der Waals surface area contributed by atoms with Crippen LogP contribution < -0.4 is 5.32 Å². The number of unbranched alkanes of at least 4 members (excludes halogenated alkanes) is 2. The topological polar surface area (TPSA) is 48.7 Å². The van der Waals surface area contributed by atoms with Gasteiger partial charge in [0.1, 0.15) is 0 Å². The lowest BCUT2D eigenvalue weighted by Gasteiger charge is -2.39. The van der Waals surface area contributed by atoms with E-state index in [0.717, 1.165) is 25.6 Å². The van der Waals surface area contributed by atoms with Crippen LogP contribution in [0.4, 0.5) is 0 Å². The van der Waals surface area contributed by atoms with Crippen molar-refractivity contribution in [1.82, 2.24) is 24.7 Å². The van der Waals surface area contributed by atoms with Crippen molar-refractivity contribution in [3.63, 3.8) is 0 Å². The number of hydrogen-bond acceptors (Lipinski definition) is 3. The number of nitrogens with zero attached hydrogens (tertiary/aromatic N) is 5. The molecule has 0 saturated carbocycles. The molecule has 1 aromatic heterocycles. The molecule has 0 spiro atoms. The van der Waals surface area contributed by atoms with Crippen LogP contribution in [-0.2, 0) is 0 Å². The summed E-state index contributed by atoms with van der Waals surface area (Å²) in [6, 6.07) is 0.476. The summed E-state index contributed by atoms with van der Waals surface area (Å²) >= 11 is 0. The minimum absolute atomic E-state index is 0.476. The van der Waals surface area contributed by atoms with Crippen LogP contribution in [0.1, 0.15) is 57.9 Å². The zero-order valence-corrected chi connectivity index (χ0v) is 17.3. The lowest BCUT2D eigenvalue weighted by molar-refractivity contribution is 0.189. The Morgan fingerprint density at radius 2 is 2.00 bits per heavy atom. The third-order valence-corrected chi connectivity index (χ3v) is 6.22. The van der Waals surface area contributed by atoms with Crippen LogP contribution >= 0.6 is 0 Å². The summed E-state index contributed by atoms with van der Waals surface area (Å²) in [5.41, 5.74) is 0. The van der Waals surface area contributed by atoms with Crippen LogP contribution in [0, 0.1) is 5.92 Å². The van der Waals surface area contributed by atoms with Crippen LogP contribution in [-0.4, -0.2) is 71.6 Å². The van der Waals surface area contributed by atoms with E-state index in [0.29, 0.717) is 12.0 Å².